The molecule has 0 saturated heterocycles. The van der Waals surface area contributed by atoms with Gasteiger partial charge in [-0.25, -0.2) is 4.98 Å². The van der Waals surface area contributed by atoms with Crippen molar-refractivity contribution in [3.8, 4) is 6.07 Å². The molecule has 1 heterocycles. The largest absolute Gasteiger partial charge is 0.383 e. The van der Waals surface area contributed by atoms with Gasteiger partial charge in [0.25, 0.3) is 0 Å². The molecule has 0 aliphatic rings. The lowest BCUT2D eigenvalue weighted by Crippen LogP contribution is -2.29. The van der Waals surface area contributed by atoms with Crippen LogP contribution in [0.15, 0.2) is 30.5 Å². The number of methoxy groups -OCH3 is 1. The average Bonchev–Trinajstić information content (AvgIpc) is 2.47. The van der Waals surface area contributed by atoms with E-state index in [1.165, 1.54) is 0 Å². The van der Waals surface area contributed by atoms with Gasteiger partial charge in [0.15, 0.2) is 0 Å². The minimum Gasteiger partial charge on any atom is -0.383 e. The van der Waals surface area contributed by atoms with Crippen LogP contribution in [0, 0.1) is 11.3 Å². The number of hydrogen-bond acceptors (Lipinski definition) is 5. The van der Waals surface area contributed by atoms with Crippen LogP contribution in [0.2, 0.25) is 0 Å². The van der Waals surface area contributed by atoms with Crippen LogP contribution in [-0.2, 0) is 4.74 Å². The van der Waals surface area contributed by atoms with Gasteiger partial charge in [-0.05, 0) is 12.1 Å². The lowest BCUT2D eigenvalue weighted by Gasteiger charge is -2.22. The molecule has 0 fully saturated rings. The lowest BCUT2D eigenvalue weighted by molar-refractivity contribution is 0.205. The highest BCUT2D eigenvalue weighted by Crippen LogP contribution is 2.15. The number of rotatable bonds is 6. The summed E-state index contributed by atoms with van der Waals surface area (Å²) >= 11 is 0. The summed E-state index contributed by atoms with van der Waals surface area (Å²) in [7, 11) is 1.66. The highest BCUT2D eigenvalue weighted by atomic mass is 16.5. The Kier molecular flexibility index (Phi) is 4.65. The van der Waals surface area contributed by atoms with Crippen molar-refractivity contribution in [1.29, 1.82) is 5.26 Å². The van der Waals surface area contributed by atoms with Gasteiger partial charge in [0.05, 0.1) is 36.3 Å². The number of aromatic nitrogens is 2. The molecule has 0 aliphatic carbocycles. The minimum absolute atomic E-state index is 0.457. The van der Waals surface area contributed by atoms with Crippen molar-refractivity contribution in [3.05, 3.63) is 30.5 Å². The van der Waals surface area contributed by atoms with Crippen molar-refractivity contribution in [2.24, 2.45) is 0 Å². The van der Waals surface area contributed by atoms with E-state index < -0.39 is 0 Å². The van der Waals surface area contributed by atoms with E-state index in [1.54, 1.807) is 13.3 Å². The molecule has 0 saturated carbocycles. The quantitative estimate of drug-likeness (QED) is 0.791. The van der Waals surface area contributed by atoms with Crippen LogP contribution in [0.5, 0.6) is 0 Å². The Morgan fingerprint density at radius 1 is 1.26 bits per heavy atom. The predicted molar refractivity (Wildman–Crippen MR) is 73.9 cm³/mol. The number of ether oxygens (including phenoxy) is 1. The summed E-state index contributed by atoms with van der Waals surface area (Å²) in [5.74, 6) is 0.783. The summed E-state index contributed by atoms with van der Waals surface area (Å²) in [6, 6.07) is 9.90. The number of fused-ring (bicyclic) bond motifs is 1. The molecule has 2 aromatic rings. The summed E-state index contributed by atoms with van der Waals surface area (Å²) in [5.41, 5.74) is 1.73. The van der Waals surface area contributed by atoms with Crippen LogP contribution in [0.3, 0.4) is 0 Å². The van der Waals surface area contributed by atoms with Crippen molar-refractivity contribution in [1.82, 2.24) is 9.97 Å². The minimum atomic E-state index is 0.457. The smallest absolute Gasteiger partial charge is 0.147 e. The van der Waals surface area contributed by atoms with Gasteiger partial charge in [-0.3, -0.25) is 4.98 Å². The predicted octanol–water partition coefficient (Wildman–Crippen LogP) is 2.00. The molecule has 0 atom stereocenters. The van der Waals surface area contributed by atoms with E-state index in [2.05, 4.69) is 16.0 Å². The fraction of sp³-hybridized carbons (Fsp3) is 0.357. The van der Waals surface area contributed by atoms with Gasteiger partial charge in [-0.15, -0.1) is 0 Å². The van der Waals surface area contributed by atoms with Crippen LogP contribution in [-0.4, -0.2) is 36.8 Å². The molecule has 1 aromatic heterocycles. The van der Waals surface area contributed by atoms with Gasteiger partial charge in [0, 0.05) is 20.2 Å². The molecule has 0 spiro atoms. The third-order valence-corrected chi connectivity index (χ3v) is 2.82. The molecule has 0 amide bonds. The van der Waals surface area contributed by atoms with Gasteiger partial charge < -0.3 is 9.64 Å². The Morgan fingerprint density at radius 3 is 2.79 bits per heavy atom. The second-order valence-electron chi connectivity index (χ2n) is 4.10. The zero-order valence-electron chi connectivity index (χ0n) is 10.9. The Balaban J connectivity index is 2.24. The molecule has 98 valence electrons. The summed E-state index contributed by atoms with van der Waals surface area (Å²) < 4.78 is 5.09. The van der Waals surface area contributed by atoms with E-state index in [9.17, 15) is 0 Å². The number of benzene rings is 1. The first-order valence-corrected chi connectivity index (χ1v) is 6.18. The van der Waals surface area contributed by atoms with Crippen LogP contribution < -0.4 is 4.90 Å². The fourth-order valence-electron chi connectivity index (χ4n) is 1.83. The molecule has 1 aromatic carbocycles. The number of nitriles is 1. The van der Waals surface area contributed by atoms with Crippen LogP contribution in [0.25, 0.3) is 11.0 Å². The molecule has 5 nitrogen and oxygen atoms in total. The topological polar surface area (TPSA) is 62.0 Å². The second kappa shape index (κ2) is 6.66. The maximum Gasteiger partial charge on any atom is 0.147 e. The monoisotopic (exact) mass is 256 g/mol. The van der Waals surface area contributed by atoms with E-state index in [-0.39, 0.29) is 0 Å². The van der Waals surface area contributed by atoms with Gasteiger partial charge in [-0.2, -0.15) is 5.26 Å². The standard InChI is InChI=1S/C14H16N4O/c1-19-10-9-18(8-4-7-15)14-11-16-12-5-2-3-6-13(12)17-14/h2-3,5-6,11H,4,8-10H2,1H3. The molecule has 2 rings (SSSR count). The number of hydrogen-bond donors (Lipinski definition) is 0. The number of para-hydroxylation sites is 2. The molecular weight excluding hydrogens is 240 g/mol. The maximum absolute atomic E-state index is 8.72. The first-order valence-electron chi connectivity index (χ1n) is 6.18. The van der Waals surface area contributed by atoms with Crippen molar-refractivity contribution >= 4 is 16.9 Å². The zero-order valence-corrected chi connectivity index (χ0v) is 10.9. The van der Waals surface area contributed by atoms with Crippen LogP contribution >= 0.6 is 0 Å². The first-order chi connectivity index (χ1) is 9.35. The van der Waals surface area contributed by atoms with Gasteiger partial charge in [-0.1, -0.05) is 12.1 Å². The Bertz CT molecular complexity index is 579. The molecule has 0 radical (unpaired) electrons. The van der Waals surface area contributed by atoms with Crippen LogP contribution in [0.1, 0.15) is 6.42 Å². The van der Waals surface area contributed by atoms with E-state index in [1.807, 2.05) is 29.2 Å². The maximum atomic E-state index is 8.72. The van der Waals surface area contributed by atoms with E-state index in [0.717, 1.165) is 16.9 Å². The second-order valence-corrected chi connectivity index (χ2v) is 4.10. The van der Waals surface area contributed by atoms with E-state index in [0.29, 0.717) is 26.1 Å². The Hall–Kier alpha value is -2.19. The molecule has 0 bridgehead atoms. The Labute approximate surface area is 112 Å². The molecule has 0 aliphatic heterocycles. The highest BCUT2D eigenvalue weighted by molar-refractivity contribution is 5.75. The Morgan fingerprint density at radius 2 is 2.05 bits per heavy atom. The third kappa shape index (κ3) is 3.39. The van der Waals surface area contributed by atoms with Crippen LogP contribution in [0.4, 0.5) is 5.82 Å². The molecule has 5 heteroatoms. The van der Waals surface area contributed by atoms with Gasteiger partial charge in [0.2, 0.25) is 0 Å². The van der Waals surface area contributed by atoms with E-state index >= 15 is 0 Å². The summed E-state index contributed by atoms with van der Waals surface area (Å²) in [5, 5.41) is 8.72. The molecule has 0 N–H and O–H groups in total. The molecule has 0 unspecified atom stereocenters. The fourth-order valence-corrected chi connectivity index (χ4v) is 1.83. The van der Waals surface area contributed by atoms with Gasteiger partial charge >= 0.3 is 0 Å². The van der Waals surface area contributed by atoms with Crippen molar-refractivity contribution in [2.75, 3.05) is 31.7 Å². The normalized spacial score (nSPS) is 10.3. The summed E-state index contributed by atoms with van der Waals surface area (Å²) in [4.78, 5) is 11.0. The highest BCUT2D eigenvalue weighted by Gasteiger charge is 2.08. The van der Waals surface area contributed by atoms with E-state index in [4.69, 9.17) is 10.00 Å². The average molecular weight is 256 g/mol. The zero-order chi connectivity index (χ0) is 13.5. The number of anilines is 1. The number of nitrogens with zero attached hydrogens (tertiary/aromatic N) is 4. The third-order valence-electron chi connectivity index (χ3n) is 2.82. The SMILES string of the molecule is COCCN(CCC#N)c1cnc2ccccc2n1. The molecular formula is C14H16N4O. The van der Waals surface area contributed by atoms with Gasteiger partial charge in [0.1, 0.15) is 5.82 Å². The van der Waals surface area contributed by atoms with Crippen molar-refractivity contribution < 1.29 is 4.74 Å². The van der Waals surface area contributed by atoms with Crippen molar-refractivity contribution in [2.45, 2.75) is 6.42 Å². The molecule has 19 heavy (non-hydrogen) atoms. The first kappa shape index (κ1) is 13.2. The van der Waals surface area contributed by atoms with Crippen molar-refractivity contribution in [3.63, 3.8) is 0 Å². The lowest BCUT2D eigenvalue weighted by atomic mass is 10.3. The summed E-state index contributed by atoms with van der Waals surface area (Å²) in [6.45, 7) is 1.93. The summed E-state index contributed by atoms with van der Waals surface area (Å²) in [6.07, 6.45) is 2.20.